The molecule has 146 valence electrons. The second kappa shape index (κ2) is 8.26. The molecule has 0 unspecified atom stereocenters. The van der Waals surface area contributed by atoms with Gasteiger partial charge in [0.1, 0.15) is 0 Å². The van der Waals surface area contributed by atoms with Gasteiger partial charge < -0.3 is 15.1 Å². The van der Waals surface area contributed by atoms with Crippen LogP contribution < -0.4 is 10.2 Å². The molecule has 0 atom stereocenters. The van der Waals surface area contributed by atoms with Crippen molar-refractivity contribution < 1.29 is 18.0 Å². The zero-order chi connectivity index (χ0) is 19.4. The summed E-state index contributed by atoms with van der Waals surface area (Å²) in [6.07, 6.45) is -4.30. The van der Waals surface area contributed by atoms with Crippen molar-refractivity contribution in [2.24, 2.45) is 0 Å². The summed E-state index contributed by atoms with van der Waals surface area (Å²) in [5, 5.41) is 4.50. The number of alkyl halides is 3. The molecule has 0 saturated carbocycles. The number of rotatable bonds is 5. The highest BCUT2D eigenvalue weighted by Gasteiger charge is 2.31. The minimum absolute atomic E-state index is 0.0502. The molecule has 0 bridgehead atoms. The first-order valence-corrected chi connectivity index (χ1v) is 9.54. The van der Waals surface area contributed by atoms with Gasteiger partial charge in [0, 0.05) is 43.8 Å². The summed E-state index contributed by atoms with van der Waals surface area (Å²) in [6.45, 7) is 3.21. The van der Waals surface area contributed by atoms with E-state index in [0.29, 0.717) is 11.3 Å². The lowest BCUT2D eigenvalue weighted by atomic mass is 10.1. The number of amides is 1. The van der Waals surface area contributed by atoms with Crippen molar-refractivity contribution in [3.05, 3.63) is 45.9 Å². The van der Waals surface area contributed by atoms with Crippen LogP contribution in [0.2, 0.25) is 0 Å². The van der Waals surface area contributed by atoms with E-state index in [1.807, 2.05) is 7.05 Å². The number of nitrogens with one attached hydrogen (secondary N) is 1. The molecule has 9 heteroatoms. The third-order valence-corrected chi connectivity index (χ3v) is 5.19. The number of thiazole rings is 1. The van der Waals surface area contributed by atoms with Crippen molar-refractivity contribution in [2.45, 2.75) is 19.1 Å². The summed E-state index contributed by atoms with van der Waals surface area (Å²) in [5.74, 6) is -0.261. The van der Waals surface area contributed by atoms with Gasteiger partial charge in [0.05, 0.1) is 23.2 Å². The van der Waals surface area contributed by atoms with Crippen LogP contribution in [-0.4, -0.2) is 49.0 Å². The van der Waals surface area contributed by atoms with Crippen molar-refractivity contribution in [2.75, 3.05) is 38.1 Å². The highest BCUT2D eigenvalue weighted by atomic mass is 32.1. The van der Waals surface area contributed by atoms with E-state index in [1.54, 1.807) is 10.9 Å². The molecule has 1 aliphatic heterocycles. The van der Waals surface area contributed by atoms with E-state index in [0.717, 1.165) is 44.0 Å². The lowest BCUT2D eigenvalue weighted by molar-refractivity contribution is -0.137. The van der Waals surface area contributed by atoms with E-state index in [9.17, 15) is 18.0 Å². The average molecular weight is 398 g/mol. The Balaban J connectivity index is 1.76. The van der Waals surface area contributed by atoms with Gasteiger partial charge in [-0.1, -0.05) is 0 Å². The number of halogens is 3. The number of hydrogen-bond acceptors (Lipinski definition) is 5. The Hall–Kier alpha value is -2.13. The standard InChI is InChI=1S/C18H21F3N4OS/c1-24-4-6-25(7-5-24)16-3-2-14(18(19,20)21)8-13(16)10-22-17(26)9-15-11-27-12-23-15/h2-3,8,11-12H,4-7,9-10H2,1H3,(H,22,26). The van der Waals surface area contributed by atoms with Crippen LogP contribution in [0.4, 0.5) is 18.9 Å². The topological polar surface area (TPSA) is 48.5 Å². The highest BCUT2D eigenvalue weighted by molar-refractivity contribution is 7.07. The predicted octanol–water partition coefficient (Wildman–Crippen LogP) is 2.77. The van der Waals surface area contributed by atoms with E-state index in [2.05, 4.69) is 20.1 Å². The molecule has 0 aliphatic carbocycles. The summed E-state index contributed by atoms with van der Waals surface area (Å²) in [7, 11) is 2.02. The number of likely N-dealkylation sites (N-methyl/N-ethyl adjacent to an activating group) is 1. The van der Waals surface area contributed by atoms with E-state index in [-0.39, 0.29) is 18.9 Å². The number of benzene rings is 1. The van der Waals surface area contributed by atoms with Crippen molar-refractivity contribution in [1.82, 2.24) is 15.2 Å². The van der Waals surface area contributed by atoms with Gasteiger partial charge >= 0.3 is 6.18 Å². The van der Waals surface area contributed by atoms with Gasteiger partial charge in [-0.3, -0.25) is 4.79 Å². The van der Waals surface area contributed by atoms with E-state index in [4.69, 9.17) is 0 Å². The summed E-state index contributed by atoms with van der Waals surface area (Å²) in [5.41, 5.74) is 2.80. The minimum atomic E-state index is -4.42. The quantitative estimate of drug-likeness (QED) is 0.842. The summed E-state index contributed by atoms with van der Waals surface area (Å²) < 4.78 is 39.4. The number of aromatic nitrogens is 1. The Labute approximate surface area is 159 Å². The van der Waals surface area contributed by atoms with Gasteiger partial charge in [0.25, 0.3) is 0 Å². The number of piperazine rings is 1. The molecule has 1 saturated heterocycles. The fourth-order valence-corrected chi connectivity index (χ4v) is 3.56. The molecule has 0 radical (unpaired) electrons. The van der Waals surface area contributed by atoms with Crippen molar-refractivity contribution in [3.63, 3.8) is 0 Å². The highest BCUT2D eigenvalue weighted by Crippen LogP contribution is 2.33. The molecule has 1 fully saturated rings. The monoisotopic (exact) mass is 398 g/mol. The summed E-state index contributed by atoms with van der Waals surface area (Å²) in [4.78, 5) is 20.4. The Morgan fingerprint density at radius 2 is 2.00 bits per heavy atom. The molecule has 27 heavy (non-hydrogen) atoms. The smallest absolute Gasteiger partial charge is 0.369 e. The number of anilines is 1. The first-order valence-electron chi connectivity index (χ1n) is 8.60. The first-order chi connectivity index (χ1) is 12.8. The molecule has 1 aromatic heterocycles. The molecular weight excluding hydrogens is 377 g/mol. The average Bonchev–Trinajstić information content (AvgIpc) is 3.13. The van der Waals surface area contributed by atoms with Gasteiger partial charge in [-0.05, 0) is 30.8 Å². The molecule has 1 amide bonds. The third-order valence-electron chi connectivity index (χ3n) is 4.55. The SMILES string of the molecule is CN1CCN(c2ccc(C(F)(F)F)cc2CNC(=O)Cc2cscn2)CC1. The fraction of sp³-hybridized carbons (Fsp3) is 0.444. The Kier molecular flexibility index (Phi) is 6.01. The van der Waals surface area contributed by atoms with Gasteiger partial charge in [-0.25, -0.2) is 4.98 Å². The molecule has 1 aromatic carbocycles. The molecule has 2 aromatic rings. The molecular formula is C18H21F3N4OS. The fourth-order valence-electron chi connectivity index (χ4n) is 3.00. The zero-order valence-corrected chi connectivity index (χ0v) is 15.7. The van der Waals surface area contributed by atoms with Crippen LogP contribution in [0.15, 0.2) is 29.1 Å². The van der Waals surface area contributed by atoms with Gasteiger partial charge in [0.15, 0.2) is 0 Å². The van der Waals surface area contributed by atoms with E-state index < -0.39 is 11.7 Å². The van der Waals surface area contributed by atoms with Gasteiger partial charge in [-0.2, -0.15) is 13.2 Å². The number of carbonyl (C=O) groups is 1. The maximum atomic E-state index is 13.1. The number of hydrogen-bond donors (Lipinski definition) is 1. The second-order valence-corrected chi connectivity index (χ2v) is 7.28. The lowest BCUT2D eigenvalue weighted by Crippen LogP contribution is -2.45. The van der Waals surface area contributed by atoms with E-state index in [1.165, 1.54) is 17.4 Å². The third kappa shape index (κ3) is 5.20. The van der Waals surface area contributed by atoms with Crippen molar-refractivity contribution in [1.29, 1.82) is 0 Å². The van der Waals surface area contributed by atoms with E-state index >= 15 is 0 Å². The van der Waals surface area contributed by atoms with Crippen LogP contribution in [-0.2, 0) is 23.9 Å². The Morgan fingerprint density at radius 1 is 1.26 bits per heavy atom. The van der Waals surface area contributed by atoms with Crippen LogP contribution in [0.5, 0.6) is 0 Å². The van der Waals surface area contributed by atoms with Crippen LogP contribution in [0.3, 0.4) is 0 Å². The minimum Gasteiger partial charge on any atom is -0.369 e. The van der Waals surface area contributed by atoms with Crippen LogP contribution in [0, 0.1) is 0 Å². The Morgan fingerprint density at radius 3 is 2.63 bits per heavy atom. The van der Waals surface area contributed by atoms with Crippen molar-refractivity contribution in [3.8, 4) is 0 Å². The molecule has 2 heterocycles. The molecule has 1 N–H and O–H groups in total. The summed E-state index contributed by atoms with van der Waals surface area (Å²) in [6, 6.07) is 3.75. The number of carbonyl (C=O) groups excluding carboxylic acids is 1. The van der Waals surface area contributed by atoms with Crippen LogP contribution >= 0.6 is 11.3 Å². The summed E-state index contributed by atoms with van der Waals surface area (Å²) >= 11 is 1.40. The lowest BCUT2D eigenvalue weighted by Gasteiger charge is -2.35. The van der Waals surface area contributed by atoms with Gasteiger partial charge in [0.2, 0.25) is 5.91 Å². The second-order valence-electron chi connectivity index (χ2n) is 6.56. The first kappa shape index (κ1) is 19.6. The van der Waals surface area contributed by atoms with Gasteiger partial charge in [-0.15, -0.1) is 11.3 Å². The van der Waals surface area contributed by atoms with Crippen LogP contribution in [0.25, 0.3) is 0 Å². The predicted molar refractivity (Wildman–Crippen MR) is 98.8 cm³/mol. The molecule has 1 aliphatic rings. The molecule has 3 rings (SSSR count). The van der Waals surface area contributed by atoms with Crippen LogP contribution in [0.1, 0.15) is 16.8 Å². The maximum Gasteiger partial charge on any atom is 0.416 e. The largest absolute Gasteiger partial charge is 0.416 e. The Bertz CT molecular complexity index is 771. The maximum absolute atomic E-state index is 13.1. The normalized spacial score (nSPS) is 15.8. The zero-order valence-electron chi connectivity index (χ0n) is 14.9. The molecule has 0 spiro atoms. The van der Waals surface area contributed by atoms with Crippen molar-refractivity contribution >= 4 is 22.9 Å². The molecule has 5 nitrogen and oxygen atoms in total. The number of nitrogens with zero attached hydrogens (tertiary/aromatic N) is 3.